The zero-order chi connectivity index (χ0) is 22.1. The Hall–Kier alpha value is -2.78. The van der Waals surface area contributed by atoms with Gasteiger partial charge in [-0.05, 0) is 45.0 Å². The van der Waals surface area contributed by atoms with E-state index in [1.807, 2.05) is 26.8 Å². The van der Waals surface area contributed by atoms with Crippen LogP contribution in [0.5, 0.6) is 17.2 Å². The van der Waals surface area contributed by atoms with E-state index in [1.165, 1.54) is 5.00 Å². The lowest BCUT2D eigenvalue weighted by Crippen LogP contribution is -2.35. The molecule has 0 atom stereocenters. The van der Waals surface area contributed by atoms with Crippen molar-refractivity contribution in [2.45, 2.75) is 20.8 Å². The highest BCUT2D eigenvalue weighted by Crippen LogP contribution is 2.39. The van der Waals surface area contributed by atoms with Gasteiger partial charge in [0.05, 0.1) is 44.3 Å². The Labute approximate surface area is 186 Å². The van der Waals surface area contributed by atoms with Crippen LogP contribution in [0, 0.1) is 0 Å². The molecular formula is C22H29N3O5S. The predicted octanol–water partition coefficient (Wildman–Crippen LogP) is 3.54. The van der Waals surface area contributed by atoms with Crippen molar-refractivity contribution in [3.63, 3.8) is 0 Å². The average molecular weight is 448 g/mol. The van der Waals surface area contributed by atoms with Gasteiger partial charge in [-0.3, -0.25) is 4.79 Å². The van der Waals surface area contributed by atoms with E-state index >= 15 is 0 Å². The number of thiophene rings is 1. The number of anilines is 1. The lowest BCUT2D eigenvalue weighted by Gasteiger charge is -2.27. The van der Waals surface area contributed by atoms with Gasteiger partial charge < -0.3 is 23.8 Å². The van der Waals surface area contributed by atoms with Gasteiger partial charge in [0, 0.05) is 23.5 Å². The predicted molar refractivity (Wildman–Crippen MR) is 122 cm³/mol. The molecule has 1 N–H and O–H groups in total. The molecule has 1 aliphatic heterocycles. The summed E-state index contributed by atoms with van der Waals surface area (Å²) >= 11 is 1.63. The summed E-state index contributed by atoms with van der Waals surface area (Å²) in [7, 11) is 0. The number of nitrogens with one attached hydrogen (secondary N) is 1. The normalized spacial score (nSPS) is 14.0. The third-order valence-corrected chi connectivity index (χ3v) is 5.55. The van der Waals surface area contributed by atoms with E-state index in [4.69, 9.17) is 18.9 Å². The molecular weight excluding hydrogens is 418 g/mol. The topological polar surface area (TPSA) is 81.6 Å². The molecule has 2 heterocycles. The second-order valence-electron chi connectivity index (χ2n) is 6.58. The number of benzene rings is 1. The molecule has 2 aromatic rings. The summed E-state index contributed by atoms with van der Waals surface area (Å²) in [6.07, 6.45) is 1.65. The Kier molecular flexibility index (Phi) is 8.54. The molecule has 1 aliphatic rings. The van der Waals surface area contributed by atoms with Crippen LogP contribution in [0.4, 0.5) is 5.00 Å². The van der Waals surface area contributed by atoms with Crippen LogP contribution < -0.4 is 24.5 Å². The van der Waals surface area contributed by atoms with Crippen LogP contribution >= 0.6 is 11.3 Å². The van der Waals surface area contributed by atoms with Gasteiger partial charge in [-0.1, -0.05) is 0 Å². The largest absolute Gasteiger partial charge is 0.490 e. The minimum absolute atomic E-state index is 0.355. The summed E-state index contributed by atoms with van der Waals surface area (Å²) < 4.78 is 22.4. The number of carbonyl (C=O) groups is 1. The minimum Gasteiger partial charge on any atom is -0.490 e. The molecule has 31 heavy (non-hydrogen) atoms. The highest BCUT2D eigenvalue weighted by molar-refractivity contribution is 7.17. The van der Waals surface area contributed by atoms with E-state index in [9.17, 15) is 4.79 Å². The van der Waals surface area contributed by atoms with E-state index in [-0.39, 0.29) is 5.91 Å². The number of rotatable bonds is 10. The molecule has 0 radical (unpaired) electrons. The zero-order valence-electron chi connectivity index (χ0n) is 18.2. The van der Waals surface area contributed by atoms with Crippen molar-refractivity contribution in [1.82, 2.24) is 5.43 Å². The van der Waals surface area contributed by atoms with E-state index in [1.54, 1.807) is 29.7 Å². The van der Waals surface area contributed by atoms with Crippen LogP contribution in [0.3, 0.4) is 0 Å². The molecule has 8 nitrogen and oxygen atoms in total. The molecule has 0 spiro atoms. The Morgan fingerprint density at radius 3 is 2.35 bits per heavy atom. The number of morpholine rings is 1. The Morgan fingerprint density at radius 2 is 1.74 bits per heavy atom. The summed E-state index contributed by atoms with van der Waals surface area (Å²) in [5.74, 6) is 1.09. The van der Waals surface area contributed by atoms with Crippen LogP contribution in [0.15, 0.2) is 29.4 Å². The van der Waals surface area contributed by atoms with Crippen molar-refractivity contribution < 1.29 is 23.7 Å². The fraction of sp³-hybridized carbons (Fsp3) is 0.455. The second kappa shape index (κ2) is 11.6. The van der Waals surface area contributed by atoms with Gasteiger partial charge in [0.15, 0.2) is 11.5 Å². The molecule has 0 bridgehead atoms. The summed E-state index contributed by atoms with van der Waals surface area (Å²) in [5.41, 5.74) is 2.96. The van der Waals surface area contributed by atoms with Crippen LogP contribution in [-0.2, 0) is 4.74 Å². The quantitative estimate of drug-likeness (QED) is 0.443. The standard InChI is InChI=1S/C22H29N3O5S/c1-4-28-18-13-16(14-19(29-5-2)21(18)30-6-3)22(26)24-23-15-17-7-8-20(31-17)25-9-11-27-12-10-25/h7-8,13-15H,4-6,9-12H2,1-3H3,(H,24,26)/b23-15-. The maximum absolute atomic E-state index is 12.7. The SMILES string of the molecule is CCOc1cc(C(=O)N/N=C\c2ccc(N3CCOCC3)s2)cc(OCC)c1OCC. The third kappa shape index (κ3) is 6.11. The van der Waals surface area contributed by atoms with E-state index in [0.717, 1.165) is 31.2 Å². The maximum Gasteiger partial charge on any atom is 0.271 e. The molecule has 0 aliphatic carbocycles. The number of nitrogens with zero attached hydrogens (tertiary/aromatic N) is 2. The molecule has 1 fully saturated rings. The van der Waals surface area contributed by atoms with Crippen molar-refractivity contribution in [2.24, 2.45) is 5.10 Å². The molecule has 1 amide bonds. The smallest absolute Gasteiger partial charge is 0.271 e. The van der Waals surface area contributed by atoms with Crippen molar-refractivity contribution in [3.05, 3.63) is 34.7 Å². The summed E-state index contributed by atoms with van der Waals surface area (Å²) in [6, 6.07) is 7.34. The summed E-state index contributed by atoms with van der Waals surface area (Å²) in [6.45, 7) is 10.2. The Bertz CT molecular complexity index is 866. The zero-order valence-corrected chi connectivity index (χ0v) is 19.0. The number of amides is 1. The molecule has 168 valence electrons. The fourth-order valence-electron chi connectivity index (χ4n) is 3.10. The molecule has 1 aromatic carbocycles. The number of carbonyl (C=O) groups excluding carboxylic acids is 1. The first-order valence-electron chi connectivity index (χ1n) is 10.5. The minimum atomic E-state index is -0.355. The number of hydrogen-bond donors (Lipinski definition) is 1. The second-order valence-corrected chi connectivity index (χ2v) is 7.67. The van der Waals surface area contributed by atoms with Gasteiger partial charge in [-0.2, -0.15) is 5.10 Å². The highest BCUT2D eigenvalue weighted by atomic mass is 32.1. The average Bonchev–Trinajstić information content (AvgIpc) is 3.25. The highest BCUT2D eigenvalue weighted by Gasteiger charge is 2.18. The Morgan fingerprint density at radius 1 is 1.10 bits per heavy atom. The monoisotopic (exact) mass is 447 g/mol. The first-order chi connectivity index (χ1) is 15.2. The Balaban J connectivity index is 1.70. The number of ether oxygens (including phenoxy) is 4. The lowest BCUT2D eigenvalue weighted by atomic mass is 10.1. The van der Waals surface area contributed by atoms with Crippen molar-refractivity contribution in [1.29, 1.82) is 0 Å². The summed E-state index contributed by atoms with van der Waals surface area (Å²) in [5, 5.41) is 5.29. The van der Waals surface area contributed by atoms with Gasteiger partial charge in [0.2, 0.25) is 5.75 Å². The fourth-order valence-corrected chi connectivity index (χ4v) is 4.03. The van der Waals surface area contributed by atoms with Gasteiger partial charge in [-0.25, -0.2) is 5.43 Å². The molecule has 0 unspecified atom stereocenters. The van der Waals surface area contributed by atoms with Crippen molar-refractivity contribution in [3.8, 4) is 17.2 Å². The van der Waals surface area contributed by atoms with Crippen LogP contribution in [0.1, 0.15) is 36.0 Å². The van der Waals surface area contributed by atoms with Gasteiger partial charge in [-0.15, -0.1) is 11.3 Å². The van der Waals surface area contributed by atoms with Gasteiger partial charge >= 0.3 is 0 Å². The number of hydrazone groups is 1. The molecule has 1 saturated heterocycles. The molecule has 0 saturated carbocycles. The van der Waals surface area contributed by atoms with Gasteiger partial charge in [0.25, 0.3) is 5.91 Å². The first kappa shape index (κ1) is 22.9. The first-order valence-corrected chi connectivity index (χ1v) is 11.3. The maximum atomic E-state index is 12.7. The molecule has 9 heteroatoms. The van der Waals surface area contributed by atoms with Crippen LogP contribution in [-0.4, -0.2) is 58.2 Å². The van der Waals surface area contributed by atoms with Crippen molar-refractivity contribution in [2.75, 3.05) is 51.0 Å². The van der Waals surface area contributed by atoms with Crippen molar-refractivity contribution >= 4 is 28.5 Å². The lowest BCUT2D eigenvalue weighted by molar-refractivity contribution is 0.0954. The van der Waals surface area contributed by atoms with Gasteiger partial charge in [0.1, 0.15) is 0 Å². The van der Waals surface area contributed by atoms with E-state index in [2.05, 4.69) is 21.5 Å². The van der Waals surface area contributed by atoms with Crippen LogP contribution in [0.2, 0.25) is 0 Å². The number of hydrogen-bond acceptors (Lipinski definition) is 8. The van der Waals surface area contributed by atoms with Crippen LogP contribution in [0.25, 0.3) is 0 Å². The summed E-state index contributed by atoms with van der Waals surface area (Å²) in [4.78, 5) is 15.9. The third-order valence-electron chi connectivity index (χ3n) is 4.46. The molecule has 3 rings (SSSR count). The molecule has 1 aromatic heterocycles. The van der Waals surface area contributed by atoms with E-state index < -0.39 is 0 Å². The van der Waals surface area contributed by atoms with E-state index in [0.29, 0.717) is 42.6 Å².